The van der Waals surface area contributed by atoms with Gasteiger partial charge in [0.05, 0.1) is 24.4 Å². The van der Waals surface area contributed by atoms with Crippen molar-refractivity contribution in [2.24, 2.45) is 0 Å². The summed E-state index contributed by atoms with van der Waals surface area (Å²) in [6, 6.07) is 21.9. The smallest absolute Gasteiger partial charge is 0.119 e. The number of aliphatic hydroxyl groups is 3. The van der Waals surface area contributed by atoms with Crippen LogP contribution in [0.15, 0.2) is 66.7 Å². The molecular formula is C30H33ClO6. The van der Waals surface area contributed by atoms with E-state index in [0.717, 1.165) is 22.4 Å². The monoisotopic (exact) mass is 524 g/mol. The Labute approximate surface area is 222 Å². The predicted octanol–water partition coefficient (Wildman–Crippen LogP) is 4.86. The van der Waals surface area contributed by atoms with Gasteiger partial charge in [0.15, 0.2) is 0 Å². The maximum atomic E-state index is 10.2. The Balaban J connectivity index is 1.23. The summed E-state index contributed by atoms with van der Waals surface area (Å²) in [7, 11) is 0. The number of halogens is 1. The van der Waals surface area contributed by atoms with Crippen molar-refractivity contribution in [3.63, 3.8) is 0 Å². The van der Waals surface area contributed by atoms with Crippen molar-refractivity contribution in [2.45, 2.75) is 62.8 Å². The van der Waals surface area contributed by atoms with Crippen LogP contribution in [0.4, 0.5) is 0 Å². The molecule has 7 heteroatoms. The van der Waals surface area contributed by atoms with Crippen LogP contribution >= 0.6 is 11.6 Å². The van der Waals surface area contributed by atoms with Crippen LogP contribution in [0.5, 0.6) is 5.75 Å². The van der Waals surface area contributed by atoms with E-state index in [4.69, 9.17) is 25.8 Å². The summed E-state index contributed by atoms with van der Waals surface area (Å²) in [5.74, 6) is 0.771. The summed E-state index contributed by atoms with van der Waals surface area (Å²) in [5, 5.41) is 30.3. The van der Waals surface area contributed by atoms with Crippen LogP contribution < -0.4 is 4.74 Å². The van der Waals surface area contributed by atoms with Gasteiger partial charge in [-0.15, -0.1) is 0 Å². The summed E-state index contributed by atoms with van der Waals surface area (Å²) in [5.41, 5.74) is 4.90. The summed E-state index contributed by atoms with van der Waals surface area (Å²) in [4.78, 5) is 0. The van der Waals surface area contributed by atoms with Gasteiger partial charge in [0, 0.05) is 11.4 Å². The number of hydrogen-bond donors (Lipinski definition) is 3. The second-order valence-corrected chi connectivity index (χ2v) is 10.7. The molecule has 2 heterocycles. The first-order chi connectivity index (χ1) is 17.7. The lowest BCUT2D eigenvalue weighted by Gasteiger charge is -2.36. The van der Waals surface area contributed by atoms with Gasteiger partial charge >= 0.3 is 0 Å². The number of fused-ring (bicyclic) bond motifs is 1. The van der Waals surface area contributed by atoms with Gasteiger partial charge in [0.2, 0.25) is 0 Å². The molecule has 196 valence electrons. The van der Waals surface area contributed by atoms with Crippen molar-refractivity contribution in [1.29, 1.82) is 0 Å². The largest absolute Gasteiger partial charge is 0.491 e. The average molecular weight is 525 g/mol. The zero-order chi connectivity index (χ0) is 26.2. The minimum absolute atomic E-state index is 0.112. The van der Waals surface area contributed by atoms with Gasteiger partial charge in [-0.1, -0.05) is 60.1 Å². The van der Waals surface area contributed by atoms with Crippen LogP contribution in [0, 0.1) is 0 Å². The molecule has 0 bridgehead atoms. The molecule has 2 aliphatic heterocycles. The molecule has 3 aromatic carbocycles. The quantitative estimate of drug-likeness (QED) is 0.409. The molecular weight excluding hydrogens is 492 g/mol. The Bertz CT molecular complexity index is 1230. The van der Waals surface area contributed by atoms with E-state index >= 15 is 0 Å². The molecule has 0 aromatic heterocycles. The number of rotatable bonds is 7. The molecule has 37 heavy (non-hydrogen) atoms. The lowest BCUT2D eigenvalue weighted by atomic mass is 9.92. The summed E-state index contributed by atoms with van der Waals surface area (Å²) in [6.07, 6.45) is -2.57. The third-order valence-corrected chi connectivity index (χ3v) is 7.67. The Kier molecular flexibility index (Phi) is 7.59. The minimum atomic E-state index is -1.10. The molecule has 0 saturated carbocycles. The highest BCUT2D eigenvalue weighted by molar-refractivity contribution is 6.31. The number of benzene rings is 3. The van der Waals surface area contributed by atoms with Gasteiger partial charge in [-0.3, -0.25) is 0 Å². The zero-order valence-electron chi connectivity index (χ0n) is 21.0. The Morgan fingerprint density at radius 2 is 1.78 bits per heavy atom. The lowest BCUT2D eigenvalue weighted by Crippen LogP contribution is -2.47. The minimum Gasteiger partial charge on any atom is -0.491 e. The van der Waals surface area contributed by atoms with E-state index in [1.807, 2.05) is 54.6 Å². The first-order valence-corrected chi connectivity index (χ1v) is 13.0. The molecule has 1 fully saturated rings. The van der Waals surface area contributed by atoms with Crippen molar-refractivity contribution >= 4 is 11.6 Å². The fourth-order valence-electron chi connectivity index (χ4n) is 5.28. The summed E-state index contributed by atoms with van der Waals surface area (Å²) >= 11 is 6.50. The summed E-state index contributed by atoms with van der Waals surface area (Å²) < 4.78 is 18.2. The normalized spacial score (nSPS) is 26.6. The Morgan fingerprint density at radius 1 is 1.03 bits per heavy atom. The first-order valence-electron chi connectivity index (χ1n) is 12.6. The standard InChI is InChI=1S/C30H33ClO6/c1-30(2)23-6-4-3-5-22(23)28(37-30)17-35-21-10-7-18(8-11-21)13-20-14-19(9-12-24(20)31)26-15-25(33)29(34)27(16-32)36-26/h3-12,14,25-29,32-34H,13,15-17H2,1-2H3/t25-,26-,27-,28-,29+/m1/s1. The van der Waals surface area contributed by atoms with E-state index in [1.165, 1.54) is 11.1 Å². The van der Waals surface area contributed by atoms with Crippen LogP contribution in [0.2, 0.25) is 5.02 Å². The highest BCUT2D eigenvalue weighted by Gasteiger charge is 2.38. The molecule has 0 spiro atoms. The van der Waals surface area contributed by atoms with E-state index in [0.29, 0.717) is 18.1 Å². The SMILES string of the molecule is CC1(C)O[C@H](COc2ccc(Cc3cc([C@H]4C[C@@H](O)[C@H](O)[C@@H](CO)O4)ccc3Cl)cc2)c2ccccc21. The molecule has 3 N–H and O–H groups in total. The number of hydrogen-bond acceptors (Lipinski definition) is 6. The molecule has 0 aliphatic carbocycles. The molecule has 5 rings (SSSR count). The Morgan fingerprint density at radius 3 is 2.54 bits per heavy atom. The highest BCUT2D eigenvalue weighted by Crippen LogP contribution is 2.43. The predicted molar refractivity (Wildman–Crippen MR) is 141 cm³/mol. The van der Waals surface area contributed by atoms with Gasteiger partial charge in [-0.05, 0) is 66.3 Å². The van der Waals surface area contributed by atoms with Gasteiger partial charge in [-0.2, -0.15) is 0 Å². The third-order valence-electron chi connectivity index (χ3n) is 7.30. The topological polar surface area (TPSA) is 88.4 Å². The lowest BCUT2D eigenvalue weighted by molar-refractivity contribution is -0.181. The van der Waals surface area contributed by atoms with Crippen molar-refractivity contribution in [1.82, 2.24) is 0 Å². The van der Waals surface area contributed by atoms with Crippen molar-refractivity contribution in [2.75, 3.05) is 13.2 Å². The zero-order valence-corrected chi connectivity index (χ0v) is 21.8. The van der Waals surface area contributed by atoms with Crippen molar-refractivity contribution in [3.05, 3.63) is 99.6 Å². The van der Waals surface area contributed by atoms with Crippen LogP contribution in [0.25, 0.3) is 0 Å². The maximum Gasteiger partial charge on any atom is 0.119 e. The first kappa shape index (κ1) is 26.2. The summed E-state index contributed by atoms with van der Waals surface area (Å²) in [6.45, 7) is 4.24. The third kappa shape index (κ3) is 5.55. The molecule has 1 saturated heterocycles. The molecule has 5 atom stereocenters. The molecule has 6 nitrogen and oxygen atoms in total. The molecule has 0 unspecified atom stereocenters. The van der Waals surface area contributed by atoms with Crippen LogP contribution in [-0.2, 0) is 21.5 Å². The van der Waals surface area contributed by atoms with Crippen LogP contribution in [0.1, 0.15) is 60.3 Å². The van der Waals surface area contributed by atoms with Gasteiger partial charge in [-0.25, -0.2) is 0 Å². The van der Waals surface area contributed by atoms with Crippen molar-refractivity contribution < 1.29 is 29.5 Å². The molecule has 0 amide bonds. The van der Waals surface area contributed by atoms with E-state index in [9.17, 15) is 15.3 Å². The van der Waals surface area contributed by atoms with Gasteiger partial charge in [0.25, 0.3) is 0 Å². The van der Waals surface area contributed by atoms with E-state index in [-0.39, 0.29) is 24.7 Å². The fraction of sp³-hybridized carbons (Fsp3) is 0.400. The molecule has 0 radical (unpaired) electrons. The second kappa shape index (κ2) is 10.7. The maximum absolute atomic E-state index is 10.2. The fourth-order valence-corrected chi connectivity index (χ4v) is 5.46. The van der Waals surface area contributed by atoms with Crippen LogP contribution in [0.3, 0.4) is 0 Å². The van der Waals surface area contributed by atoms with Gasteiger partial charge < -0.3 is 29.5 Å². The number of aliphatic hydroxyl groups excluding tert-OH is 3. The van der Waals surface area contributed by atoms with E-state index in [1.54, 1.807) is 0 Å². The second-order valence-electron chi connectivity index (χ2n) is 10.3. The average Bonchev–Trinajstić information content (AvgIpc) is 3.16. The van der Waals surface area contributed by atoms with Crippen molar-refractivity contribution in [3.8, 4) is 5.75 Å². The molecule has 2 aliphatic rings. The van der Waals surface area contributed by atoms with Crippen LogP contribution in [-0.4, -0.2) is 46.8 Å². The van der Waals surface area contributed by atoms with E-state index in [2.05, 4.69) is 26.0 Å². The molecule has 3 aromatic rings. The number of ether oxygens (including phenoxy) is 3. The Hall–Kier alpha value is -2.45. The van der Waals surface area contributed by atoms with Gasteiger partial charge in [0.1, 0.15) is 30.7 Å². The highest BCUT2D eigenvalue weighted by atomic mass is 35.5. The van der Waals surface area contributed by atoms with E-state index < -0.39 is 24.4 Å².